The number of halogens is 2. The number of amides is 1. The van der Waals surface area contributed by atoms with Gasteiger partial charge in [0.05, 0.1) is 10.6 Å². The highest BCUT2D eigenvalue weighted by atomic mass is 35.5. The highest BCUT2D eigenvalue weighted by molar-refractivity contribution is 6.35. The summed E-state index contributed by atoms with van der Waals surface area (Å²) in [6, 6.07) is 10.6. The number of H-pyrrole nitrogens is 1. The topological polar surface area (TPSA) is 62.0 Å². The van der Waals surface area contributed by atoms with Crippen molar-refractivity contribution in [1.29, 1.82) is 0 Å². The quantitative estimate of drug-likeness (QED) is 0.694. The largest absolute Gasteiger partial charge is 0.352 e. The van der Waals surface area contributed by atoms with E-state index >= 15 is 0 Å². The second kappa shape index (κ2) is 7.52. The SMILES string of the molecule is Cc1cc2cc(CCNC(=O)c3cc(Cl)ccc3Cl)c(=O)[nH]c2cc1C. The van der Waals surface area contributed by atoms with Gasteiger partial charge in [-0.2, -0.15) is 0 Å². The fourth-order valence-corrected chi connectivity index (χ4v) is 3.16. The van der Waals surface area contributed by atoms with Crippen LogP contribution in [0.4, 0.5) is 0 Å². The van der Waals surface area contributed by atoms with E-state index in [4.69, 9.17) is 23.2 Å². The fourth-order valence-electron chi connectivity index (χ4n) is 2.79. The minimum atomic E-state index is -0.318. The van der Waals surface area contributed by atoms with Gasteiger partial charge in [0.2, 0.25) is 0 Å². The van der Waals surface area contributed by atoms with Crippen LogP contribution in [0.5, 0.6) is 0 Å². The van der Waals surface area contributed by atoms with Crippen molar-refractivity contribution < 1.29 is 4.79 Å². The van der Waals surface area contributed by atoms with E-state index in [-0.39, 0.29) is 11.5 Å². The summed E-state index contributed by atoms with van der Waals surface area (Å²) in [6.45, 7) is 4.37. The highest BCUT2D eigenvalue weighted by Gasteiger charge is 2.11. The van der Waals surface area contributed by atoms with Crippen LogP contribution in [0.2, 0.25) is 10.0 Å². The number of benzene rings is 2. The normalized spacial score (nSPS) is 10.9. The maximum Gasteiger partial charge on any atom is 0.252 e. The molecule has 1 aromatic heterocycles. The van der Waals surface area contributed by atoms with E-state index < -0.39 is 0 Å². The summed E-state index contributed by atoms with van der Waals surface area (Å²) in [5, 5.41) is 4.53. The molecule has 3 rings (SSSR count). The first kappa shape index (κ1) is 18.5. The van der Waals surface area contributed by atoms with Crippen LogP contribution in [0.25, 0.3) is 10.9 Å². The zero-order chi connectivity index (χ0) is 18.8. The Kier molecular flexibility index (Phi) is 5.35. The second-order valence-electron chi connectivity index (χ2n) is 6.28. The van der Waals surface area contributed by atoms with Crippen LogP contribution in [0, 0.1) is 13.8 Å². The smallest absolute Gasteiger partial charge is 0.252 e. The Morgan fingerprint density at radius 3 is 2.58 bits per heavy atom. The second-order valence-corrected chi connectivity index (χ2v) is 7.12. The van der Waals surface area contributed by atoms with Gasteiger partial charge in [-0.1, -0.05) is 23.2 Å². The molecule has 134 valence electrons. The monoisotopic (exact) mass is 388 g/mol. The van der Waals surface area contributed by atoms with Crippen molar-refractivity contribution in [2.45, 2.75) is 20.3 Å². The lowest BCUT2D eigenvalue weighted by Crippen LogP contribution is -2.27. The lowest BCUT2D eigenvalue weighted by molar-refractivity contribution is 0.0954. The number of carbonyl (C=O) groups is 1. The Labute approximate surface area is 161 Å². The molecule has 6 heteroatoms. The summed E-state index contributed by atoms with van der Waals surface area (Å²) in [6.07, 6.45) is 0.419. The Hall–Kier alpha value is -2.30. The van der Waals surface area contributed by atoms with Crippen molar-refractivity contribution in [3.63, 3.8) is 0 Å². The zero-order valence-corrected chi connectivity index (χ0v) is 16.0. The van der Waals surface area contributed by atoms with E-state index in [0.29, 0.717) is 34.1 Å². The molecule has 3 aromatic rings. The third kappa shape index (κ3) is 3.92. The van der Waals surface area contributed by atoms with Gasteiger partial charge in [-0.25, -0.2) is 0 Å². The van der Waals surface area contributed by atoms with Gasteiger partial charge in [0.15, 0.2) is 0 Å². The van der Waals surface area contributed by atoms with Crippen molar-refractivity contribution in [3.05, 3.63) is 79.1 Å². The molecule has 0 spiro atoms. The molecule has 4 nitrogen and oxygen atoms in total. The number of aromatic nitrogens is 1. The molecule has 0 bridgehead atoms. The number of carbonyl (C=O) groups excluding carboxylic acids is 1. The lowest BCUT2D eigenvalue weighted by atomic mass is 10.0. The molecule has 0 atom stereocenters. The van der Waals surface area contributed by atoms with Gasteiger partial charge in [-0.15, -0.1) is 0 Å². The molecule has 0 unspecified atom stereocenters. The number of hydrogen-bond donors (Lipinski definition) is 2. The summed E-state index contributed by atoms with van der Waals surface area (Å²) >= 11 is 11.9. The van der Waals surface area contributed by atoms with Gasteiger partial charge in [-0.3, -0.25) is 9.59 Å². The molecule has 0 aliphatic carbocycles. The predicted molar refractivity (Wildman–Crippen MR) is 107 cm³/mol. The van der Waals surface area contributed by atoms with Crippen LogP contribution in [0.3, 0.4) is 0 Å². The molecular formula is C20H18Cl2N2O2. The van der Waals surface area contributed by atoms with Crippen molar-refractivity contribution in [3.8, 4) is 0 Å². The standard InChI is InChI=1S/C20H18Cl2N2O2/c1-11-7-14-9-13(19(25)24-18(14)8-12(11)2)5-6-23-20(26)16-10-15(21)3-4-17(16)22/h3-4,7-10H,5-6H2,1-2H3,(H,23,26)(H,24,25). The number of hydrogen-bond acceptors (Lipinski definition) is 2. The first-order valence-corrected chi connectivity index (χ1v) is 8.97. The molecule has 1 amide bonds. The summed E-state index contributed by atoms with van der Waals surface area (Å²) in [5.74, 6) is -0.318. The van der Waals surface area contributed by atoms with Crippen LogP contribution in [0.15, 0.2) is 41.2 Å². The molecule has 0 saturated carbocycles. The Morgan fingerprint density at radius 2 is 1.81 bits per heavy atom. The van der Waals surface area contributed by atoms with Crippen molar-refractivity contribution in [2.75, 3.05) is 6.54 Å². The minimum absolute atomic E-state index is 0.143. The zero-order valence-electron chi connectivity index (χ0n) is 14.5. The minimum Gasteiger partial charge on any atom is -0.352 e. The number of pyridine rings is 1. The van der Waals surface area contributed by atoms with Crippen molar-refractivity contribution in [2.24, 2.45) is 0 Å². The van der Waals surface area contributed by atoms with E-state index in [2.05, 4.69) is 16.4 Å². The van der Waals surface area contributed by atoms with E-state index in [1.807, 2.05) is 26.0 Å². The van der Waals surface area contributed by atoms with Crippen molar-refractivity contribution >= 4 is 40.0 Å². The molecule has 2 N–H and O–H groups in total. The number of rotatable bonds is 4. The average Bonchev–Trinajstić information content (AvgIpc) is 2.59. The van der Waals surface area contributed by atoms with Gasteiger partial charge in [0.25, 0.3) is 11.5 Å². The molecule has 26 heavy (non-hydrogen) atoms. The third-order valence-electron chi connectivity index (χ3n) is 4.39. The first-order chi connectivity index (χ1) is 12.3. The molecule has 0 radical (unpaired) electrons. The van der Waals surface area contributed by atoms with E-state index in [1.54, 1.807) is 12.1 Å². The Balaban J connectivity index is 1.74. The fraction of sp³-hybridized carbons (Fsp3) is 0.200. The molecule has 0 fully saturated rings. The summed E-state index contributed by atoms with van der Waals surface area (Å²) < 4.78 is 0. The lowest BCUT2D eigenvalue weighted by Gasteiger charge is -2.09. The molecular weight excluding hydrogens is 371 g/mol. The number of aromatic amines is 1. The van der Waals surface area contributed by atoms with Crippen LogP contribution < -0.4 is 10.9 Å². The third-order valence-corrected chi connectivity index (χ3v) is 4.95. The van der Waals surface area contributed by atoms with E-state index in [1.165, 1.54) is 11.6 Å². The molecule has 1 heterocycles. The first-order valence-electron chi connectivity index (χ1n) is 8.21. The van der Waals surface area contributed by atoms with Crippen LogP contribution in [0.1, 0.15) is 27.0 Å². The predicted octanol–water partition coefficient (Wildman–Crippen LogP) is 4.42. The van der Waals surface area contributed by atoms with Crippen molar-refractivity contribution in [1.82, 2.24) is 10.3 Å². The maximum absolute atomic E-state index is 12.3. The van der Waals surface area contributed by atoms with Gasteiger partial charge in [-0.05, 0) is 73.2 Å². The van der Waals surface area contributed by atoms with Gasteiger partial charge in [0, 0.05) is 22.6 Å². The summed E-state index contributed by atoms with van der Waals surface area (Å²) in [7, 11) is 0. The highest BCUT2D eigenvalue weighted by Crippen LogP contribution is 2.20. The summed E-state index contributed by atoms with van der Waals surface area (Å²) in [4.78, 5) is 27.4. The van der Waals surface area contributed by atoms with Crippen LogP contribution in [-0.4, -0.2) is 17.4 Å². The van der Waals surface area contributed by atoms with E-state index in [9.17, 15) is 9.59 Å². The Morgan fingerprint density at radius 1 is 1.08 bits per heavy atom. The van der Waals surface area contributed by atoms with E-state index in [0.717, 1.165) is 16.5 Å². The number of aryl methyl sites for hydroxylation is 2. The Bertz CT molecular complexity index is 1060. The van der Waals surface area contributed by atoms with Gasteiger partial charge >= 0.3 is 0 Å². The maximum atomic E-state index is 12.3. The van der Waals surface area contributed by atoms with Crippen LogP contribution in [-0.2, 0) is 6.42 Å². The number of fused-ring (bicyclic) bond motifs is 1. The van der Waals surface area contributed by atoms with Gasteiger partial charge in [0.1, 0.15) is 0 Å². The van der Waals surface area contributed by atoms with Crippen LogP contribution >= 0.6 is 23.2 Å². The summed E-state index contributed by atoms with van der Waals surface area (Å²) in [5.41, 5.74) is 3.91. The molecule has 0 aliphatic rings. The molecule has 2 aromatic carbocycles. The molecule has 0 aliphatic heterocycles. The average molecular weight is 389 g/mol. The number of nitrogens with one attached hydrogen (secondary N) is 2. The molecule has 0 saturated heterocycles. The van der Waals surface area contributed by atoms with Gasteiger partial charge < -0.3 is 10.3 Å².